The standard InChI is InChI=1S/C11H11N5O/c1-8-13-11(16-15-8)14-10(17)5-4-9-3-2-6-12-7-9/h2-7H,1H3,(H2,13,14,15,16,17)/b5-4+. The number of amides is 1. The lowest BCUT2D eigenvalue weighted by molar-refractivity contribution is -0.111. The van der Waals surface area contributed by atoms with Crippen molar-refractivity contribution < 1.29 is 4.79 Å². The van der Waals surface area contributed by atoms with E-state index < -0.39 is 0 Å². The number of hydrogen-bond donors (Lipinski definition) is 2. The van der Waals surface area contributed by atoms with Crippen LogP contribution in [0.3, 0.4) is 0 Å². The van der Waals surface area contributed by atoms with Crippen molar-refractivity contribution in [2.45, 2.75) is 6.92 Å². The molecule has 0 aliphatic rings. The fourth-order valence-electron chi connectivity index (χ4n) is 1.20. The number of aryl methyl sites for hydroxylation is 1. The Morgan fingerprint density at radius 1 is 1.53 bits per heavy atom. The molecule has 2 rings (SSSR count). The van der Waals surface area contributed by atoms with Crippen LogP contribution in [0, 0.1) is 6.92 Å². The smallest absolute Gasteiger partial charge is 0.250 e. The Kier molecular flexibility index (Phi) is 3.25. The van der Waals surface area contributed by atoms with E-state index in [1.165, 1.54) is 6.08 Å². The summed E-state index contributed by atoms with van der Waals surface area (Å²) in [6, 6.07) is 3.66. The number of rotatable bonds is 3. The van der Waals surface area contributed by atoms with E-state index in [0.717, 1.165) is 5.56 Å². The molecule has 0 atom stereocenters. The molecule has 0 bridgehead atoms. The number of pyridine rings is 1. The zero-order chi connectivity index (χ0) is 12.1. The van der Waals surface area contributed by atoms with Crippen molar-refractivity contribution in [3.63, 3.8) is 0 Å². The maximum absolute atomic E-state index is 11.5. The van der Waals surface area contributed by atoms with E-state index in [1.807, 2.05) is 6.07 Å². The molecule has 0 aromatic carbocycles. The Morgan fingerprint density at radius 2 is 2.41 bits per heavy atom. The average molecular weight is 229 g/mol. The quantitative estimate of drug-likeness (QED) is 0.773. The molecule has 0 aliphatic heterocycles. The van der Waals surface area contributed by atoms with E-state index in [9.17, 15) is 4.79 Å². The number of nitrogens with one attached hydrogen (secondary N) is 2. The minimum atomic E-state index is -0.284. The SMILES string of the molecule is Cc1nc(NC(=O)/C=C/c2cccnc2)n[nH]1. The molecular weight excluding hydrogens is 218 g/mol. The lowest BCUT2D eigenvalue weighted by atomic mass is 10.2. The van der Waals surface area contributed by atoms with Gasteiger partial charge in [0.25, 0.3) is 5.91 Å². The highest BCUT2D eigenvalue weighted by Gasteiger charge is 2.01. The number of aromatic nitrogens is 4. The van der Waals surface area contributed by atoms with Gasteiger partial charge in [-0.15, -0.1) is 5.10 Å². The minimum absolute atomic E-state index is 0.267. The van der Waals surface area contributed by atoms with E-state index in [1.54, 1.807) is 31.5 Å². The van der Waals surface area contributed by atoms with Crippen molar-refractivity contribution in [3.05, 3.63) is 42.0 Å². The van der Waals surface area contributed by atoms with Gasteiger partial charge in [-0.05, 0) is 24.6 Å². The van der Waals surface area contributed by atoms with Crippen LogP contribution in [0.2, 0.25) is 0 Å². The highest BCUT2D eigenvalue weighted by atomic mass is 16.1. The molecule has 0 saturated heterocycles. The van der Waals surface area contributed by atoms with E-state index in [-0.39, 0.29) is 11.9 Å². The van der Waals surface area contributed by atoms with Gasteiger partial charge in [-0.1, -0.05) is 6.07 Å². The summed E-state index contributed by atoms with van der Waals surface area (Å²) in [6.07, 6.45) is 6.42. The van der Waals surface area contributed by atoms with Crippen LogP contribution >= 0.6 is 0 Å². The normalized spacial score (nSPS) is 10.6. The minimum Gasteiger partial charge on any atom is -0.290 e. The first kappa shape index (κ1) is 11.0. The van der Waals surface area contributed by atoms with Crippen LogP contribution in [0.15, 0.2) is 30.6 Å². The van der Waals surface area contributed by atoms with Crippen molar-refractivity contribution in [2.24, 2.45) is 0 Å². The van der Waals surface area contributed by atoms with E-state index in [4.69, 9.17) is 0 Å². The second kappa shape index (κ2) is 5.02. The van der Waals surface area contributed by atoms with Crippen LogP contribution in [0.4, 0.5) is 5.95 Å². The fraction of sp³-hybridized carbons (Fsp3) is 0.0909. The summed E-state index contributed by atoms with van der Waals surface area (Å²) in [5, 5.41) is 8.97. The van der Waals surface area contributed by atoms with Crippen LogP contribution in [-0.2, 0) is 4.79 Å². The van der Waals surface area contributed by atoms with Gasteiger partial charge in [-0.2, -0.15) is 4.98 Å². The number of anilines is 1. The number of nitrogens with zero attached hydrogens (tertiary/aromatic N) is 3. The van der Waals surface area contributed by atoms with Crippen LogP contribution in [0.1, 0.15) is 11.4 Å². The molecule has 2 aromatic rings. The summed E-state index contributed by atoms with van der Waals surface area (Å²) in [5.41, 5.74) is 0.855. The summed E-state index contributed by atoms with van der Waals surface area (Å²) in [6.45, 7) is 1.76. The zero-order valence-electron chi connectivity index (χ0n) is 9.21. The molecule has 2 heterocycles. The number of carbonyl (C=O) groups excluding carboxylic acids is 1. The molecule has 6 heteroatoms. The maximum Gasteiger partial charge on any atom is 0.250 e. The number of carbonyl (C=O) groups is 1. The first-order valence-corrected chi connectivity index (χ1v) is 5.02. The highest BCUT2D eigenvalue weighted by molar-refractivity contribution is 6.00. The Balaban J connectivity index is 1.96. The van der Waals surface area contributed by atoms with Crippen molar-refractivity contribution in [3.8, 4) is 0 Å². The van der Waals surface area contributed by atoms with Crippen LogP contribution in [-0.4, -0.2) is 26.1 Å². The summed E-state index contributed by atoms with van der Waals surface area (Å²) in [7, 11) is 0. The van der Waals surface area contributed by atoms with Crippen molar-refractivity contribution >= 4 is 17.9 Å². The lowest BCUT2D eigenvalue weighted by Crippen LogP contribution is -2.09. The predicted octanol–water partition coefficient (Wildman–Crippen LogP) is 1.16. The van der Waals surface area contributed by atoms with Gasteiger partial charge in [-0.3, -0.25) is 20.2 Å². The molecule has 0 unspecified atom stereocenters. The topological polar surface area (TPSA) is 83.6 Å². The van der Waals surface area contributed by atoms with Gasteiger partial charge in [0.15, 0.2) is 0 Å². The van der Waals surface area contributed by atoms with Crippen molar-refractivity contribution in [1.29, 1.82) is 0 Å². The predicted molar refractivity (Wildman–Crippen MR) is 63.0 cm³/mol. The summed E-state index contributed by atoms with van der Waals surface area (Å²) < 4.78 is 0. The molecule has 2 N–H and O–H groups in total. The van der Waals surface area contributed by atoms with E-state index >= 15 is 0 Å². The second-order valence-electron chi connectivity index (χ2n) is 3.35. The monoisotopic (exact) mass is 229 g/mol. The zero-order valence-corrected chi connectivity index (χ0v) is 9.21. The molecule has 0 radical (unpaired) electrons. The second-order valence-corrected chi connectivity index (χ2v) is 3.35. The van der Waals surface area contributed by atoms with Gasteiger partial charge < -0.3 is 0 Å². The van der Waals surface area contributed by atoms with Crippen LogP contribution in [0.25, 0.3) is 6.08 Å². The number of hydrogen-bond acceptors (Lipinski definition) is 4. The summed E-state index contributed by atoms with van der Waals surface area (Å²) >= 11 is 0. The first-order valence-electron chi connectivity index (χ1n) is 5.02. The van der Waals surface area contributed by atoms with Gasteiger partial charge in [0, 0.05) is 18.5 Å². The molecule has 1 amide bonds. The molecule has 0 spiro atoms. The number of aromatic amines is 1. The molecule has 0 fully saturated rings. The van der Waals surface area contributed by atoms with Crippen LogP contribution in [0.5, 0.6) is 0 Å². The Hall–Kier alpha value is -2.50. The molecule has 6 nitrogen and oxygen atoms in total. The Bertz CT molecular complexity index is 532. The van der Waals surface area contributed by atoms with Gasteiger partial charge in [-0.25, -0.2) is 0 Å². The largest absolute Gasteiger partial charge is 0.290 e. The summed E-state index contributed by atoms with van der Waals surface area (Å²) in [4.78, 5) is 19.4. The van der Waals surface area contributed by atoms with Gasteiger partial charge >= 0.3 is 0 Å². The third-order valence-electron chi connectivity index (χ3n) is 1.94. The molecule has 17 heavy (non-hydrogen) atoms. The van der Waals surface area contributed by atoms with E-state index in [2.05, 4.69) is 25.5 Å². The molecule has 0 saturated carbocycles. The van der Waals surface area contributed by atoms with E-state index in [0.29, 0.717) is 5.82 Å². The fourth-order valence-corrected chi connectivity index (χ4v) is 1.20. The van der Waals surface area contributed by atoms with Crippen molar-refractivity contribution in [2.75, 3.05) is 5.32 Å². The summed E-state index contributed by atoms with van der Waals surface area (Å²) in [5.74, 6) is 0.632. The third-order valence-corrected chi connectivity index (χ3v) is 1.94. The molecular formula is C11H11N5O. The molecule has 86 valence electrons. The number of H-pyrrole nitrogens is 1. The molecule has 2 aromatic heterocycles. The molecule has 0 aliphatic carbocycles. The third kappa shape index (κ3) is 3.23. The lowest BCUT2D eigenvalue weighted by Gasteiger charge is -1.94. The highest BCUT2D eigenvalue weighted by Crippen LogP contribution is 2.00. The van der Waals surface area contributed by atoms with Gasteiger partial charge in [0.2, 0.25) is 5.95 Å². The van der Waals surface area contributed by atoms with Crippen molar-refractivity contribution in [1.82, 2.24) is 20.2 Å². The van der Waals surface area contributed by atoms with Crippen LogP contribution < -0.4 is 5.32 Å². The Labute approximate surface area is 97.8 Å². The van der Waals surface area contributed by atoms with Gasteiger partial charge in [0.1, 0.15) is 5.82 Å². The first-order chi connectivity index (χ1) is 8.24. The average Bonchev–Trinajstić information content (AvgIpc) is 2.73. The maximum atomic E-state index is 11.5. The van der Waals surface area contributed by atoms with Gasteiger partial charge in [0.05, 0.1) is 0 Å². The Morgan fingerprint density at radius 3 is 3.06 bits per heavy atom.